The zero-order chi connectivity index (χ0) is 5.98. The number of hydrogen-bond donors (Lipinski definition) is 2. The normalized spacial score (nSPS) is 29.6. The van der Waals surface area contributed by atoms with Gasteiger partial charge in [0.15, 0.2) is 0 Å². The summed E-state index contributed by atoms with van der Waals surface area (Å²) in [5.41, 5.74) is 0. The van der Waals surface area contributed by atoms with E-state index in [1.165, 1.54) is 0 Å². The molecule has 1 saturated heterocycles. The van der Waals surface area contributed by atoms with E-state index in [0.717, 1.165) is 6.54 Å². The van der Waals surface area contributed by atoms with Gasteiger partial charge in [-0.1, -0.05) is 6.92 Å². The van der Waals surface area contributed by atoms with E-state index in [9.17, 15) is 4.79 Å². The number of carbonyl (C=O) groups is 1. The van der Waals surface area contributed by atoms with E-state index in [4.69, 9.17) is 0 Å². The van der Waals surface area contributed by atoms with Gasteiger partial charge in [0, 0.05) is 12.5 Å². The standard InChI is InChI=1S/C5H10N2O/c1-4-2-6-3-7-5(4)8/h4,6H,2-3H2,1H3,(H,7,8). The van der Waals surface area contributed by atoms with Crippen LogP contribution in [0.5, 0.6) is 0 Å². The Balaban J connectivity index is 2.39. The van der Waals surface area contributed by atoms with Crippen LogP contribution in [0.2, 0.25) is 0 Å². The summed E-state index contributed by atoms with van der Waals surface area (Å²) in [7, 11) is 0. The van der Waals surface area contributed by atoms with Crippen molar-refractivity contribution >= 4 is 5.91 Å². The van der Waals surface area contributed by atoms with Gasteiger partial charge in [0.1, 0.15) is 0 Å². The van der Waals surface area contributed by atoms with Crippen LogP contribution in [0.1, 0.15) is 6.92 Å². The van der Waals surface area contributed by atoms with Gasteiger partial charge in [-0.25, -0.2) is 0 Å². The van der Waals surface area contributed by atoms with E-state index in [1.54, 1.807) is 0 Å². The number of rotatable bonds is 0. The van der Waals surface area contributed by atoms with Gasteiger partial charge in [-0.15, -0.1) is 0 Å². The molecule has 1 amide bonds. The Labute approximate surface area is 48.5 Å². The Morgan fingerprint density at radius 2 is 2.50 bits per heavy atom. The van der Waals surface area contributed by atoms with Crippen LogP contribution in [0, 0.1) is 5.92 Å². The smallest absolute Gasteiger partial charge is 0.225 e. The fourth-order valence-electron chi connectivity index (χ4n) is 0.705. The summed E-state index contributed by atoms with van der Waals surface area (Å²) < 4.78 is 0. The molecular formula is C5H10N2O. The molecule has 1 aliphatic rings. The summed E-state index contributed by atoms with van der Waals surface area (Å²) in [6.45, 7) is 3.34. The molecule has 1 heterocycles. The predicted octanol–water partition coefficient (Wildman–Crippen LogP) is -0.701. The van der Waals surface area contributed by atoms with Gasteiger partial charge < -0.3 is 5.32 Å². The Kier molecular flexibility index (Phi) is 1.48. The number of nitrogens with one attached hydrogen (secondary N) is 2. The number of carbonyl (C=O) groups excluding carboxylic acids is 1. The van der Waals surface area contributed by atoms with Gasteiger partial charge in [-0.05, 0) is 0 Å². The van der Waals surface area contributed by atoms with Crippen molar-refractivity contribution in [1.29, 1.82) is 0 Å². The van der Waals surface area contributed by atoms with Crippen molar-refractivity contribution < 1.29 is 4.79 Å². The first-order chi connectivity index (χ1) is 3.80. The van der Waals surface area contributed by atoms with Crippen molar-refractivity contribution in [2.45, 2.75) is 6.92 Å². The SMILES string of the molecule is CC1CNCNC1=O. The molecule has 3 heteroatoms. The molecule has 1 aliphatic heterocycles. The molecule has 0 aromatic rings. The topological polar surface area (TPSA) is 41.1 Å². The van der Waals surface area contributed by atoms with Crippen LogP contribution in [-0.2, 0) is 4.79 Å². The van der Waals surface area contributed by atoms with Gasteiger partial charge in [-0.2, -0.15) is 0 Å². The first-order valence-electron chi connectivity index (χ1n) is 2.79. The third-order valence-corrected chi connectivity index (χ3v) is 1.29. The van der Waals surface area contributed by atoms with Crippen molar-refractivity contribution in [3.8, 4) is 0 Å². The van der Waals surface area contributed by atoms with E-state index >= 15 is 0 Å². The molecular weight excluding hydrogens is 104 g/mol. The molecule has 0 bridgehead atoms. The Bertz CT molecular complexity index is 103. The summed E-state index contributed by atoms with van der Waals surface area (Å²) in [6, 6.07) is 0. The molecule has 8 heavy (non-hydrogen) atoms. The first-order valence-corrected chi connectivity index (χ1v) is 2.79. The van der Waals surface area contributed by atoms with Gasteiger partial charge in [0.2, 0.25) is 5.91 Å². The highest BCUT2D eigenvalue weighted by molar-refractivity contribution is 5.79. The monoisotopic (exact) mass is 114 g/mol. The van der Waals surface area contributed by atoms with Crippen molar-refractivity contribution in [2.75, 3.05) is 13.2 Å². The van der Waals surface area contributed by atoms with Crippen molar-refractivity contribution in [3.63, 3.8) is 0 Å². The Hall–Kier alpha value is -0.570. The van der Waals surface area contributed by atoms with Crippen LogP contribution < -0.4 is 10.6 Å². The van der Waals surface area contributed by atoms with E-state index in [2.05, 4.69) is 10.6 Å². The highest BCUT2D eigenvalue weighted by atomic mass is 16.2. The molecule has 0 aliphatic carbocycles. The zero-order valence-electron chi connectivity index (χ0n) is 4.90. The molecule has 1 fully saturated rings. The second-order valence-electron chi connectivity index (χ2n) is 2.07. The quantitative estimate of drug-likeness (QED) is 0.437. The average molecular weight is 114 g/mol. The molecule has 0 saturated carbocycles. The van der Waals surface area contributed by atoms with Crippen LogP contribution in [0.4, 0.5) is 0 Å². The number of amides is 1. The molecule has 0 aromatic carbocycles. The van der Waals surface area contributed by atoms with Gasteiger partial charge in [0.25, 0.3) is 0 Å². The highest BCUT2D eigenvalue weighted by Crippen LogP contribution is 1.93. The summed E-state index contributed by atoms with van der Waals surface area (Å²) in [5, 5.41) is 5.71. The van der Waals surface area contributed by atoms with Crippen molar-refractivity contribution in [2.24, 2.45) is 5.92 Å². The fraction of sp³-hybridized carbons (Fsp3) is 0.800. The molecule has 1 atom stereocenters. The fourth-order valence-corrected chi connectivity index (χ4v) is 0.705. The van der Waals surface area contributed by atoms with Crippen LogP contribution in [0.25, 0.3) is 0 Å². The van der Waals surface area contributed by atoms with Crippen LogP contribution in [0.3, 0.4) is 0 Å². The van der Waals surface area contributed by atoms with E-state index in [-0.39, 0.29) is 11.8 Å². The van der Waals surface area contributed by atoms with Crippen molar-refractivity contribution in [3.05, 3.63) is 0 Å². The molecule has 0 radical (unpaired) electrons. The minimum Gasteiger partial charge on any atom is -0.343 e. The Morgan fingerprint density at radius 3 is 2.88 bits per heavy atom. The molecule has 1 rings (SSSR count). The maximum atomic E-state index is 10.6. The Morgan fingerprint density at radius 1 is 1.75 bits per heavy atom. The lowest BCUT2D eigenvalue weighted by molar-refractivity contribution is -0.125. The summed E-state index contributed by atoms with van der Waals surface area (Å²) in [4.78, 5) is 10.6. The third-order valence-electron chi connectivity index (χ3n) is 1.29. The summed E-state index contributed by atoms with van der Waals surface area (Å²) in [6.07, 6.45) is 0. The molecule has 2 N–H and O–H groups in total. The molecule has 46 valence electrons. The van der Waals surface area contributed by atoms with E-state index in [1.807, 2.05) is 6.92 Å². The maximum absolute atomic E-state index is 10.6. The lowest BCUT2D eigenvalue weighted by Gasteiger charge is -2.18. The largest absolute Gasteiger partial charge is 0.343 e. The molecule has 1 unspecified atom stereocenters. The van der Waals surface area contributed by atoms with Gasteiger partial charge in [0.05, 0.1) is 6.67 Å². The first kappa shape index (κ1) is 5.56. The third kappa shape index (κ3) is 0.980. The van der Waals surface area contributed by atoms with Crippen LogP contribution in [0.15, 0.2) is 0 Å². The second kappa shape index (κ2) is 2.13. The minimum atomic E-state index is 0.142. The average Bonchev–Trinajstić information content (AvgIpc) is 1.77. The lowest BCUT2D eigenvalue weighted by Crippen LogP contribution is -2.47. The van der Waals surface area contributed by atoms with Gasteiger partial charge >= 0.3 is 0 Å². The predicted molar refractivity (Wildman–Crippen MR) is 30.2 cm³/mol. The van der Waals surface area contributed by atoms with Gasteiger partial charge in [-0.3, -0.25) is 10.1 Å². The minimum absolute atomic E-state index is 0.142. The highest BCUT2D eigenvalue weighted by Gasteiger charge is 2.14. The lowest BCUT2D eigenvalue weighted by atomic mass is 10.1. The van der Waals surface area contributed by atoms with Crippen LogP contribution in [-0.4, -0.2) is 19.1 Å². The van der Waals surface area contributed by atoms with E-state index < -0.39 is 0 Å². The zero-order valence-corrected chi connectivity index (χ0v) is 4.90. The molecule has 0 spiro atoms. The maximum Gasteiger partial charge on any atom is 0.225 e. The second-order valence-corrected chi connectivity index (χ2v) is 2.07. The molecule has 0 aromatic heterocycles. The van der Waals surface area contributed by atoms with Crippen molar-refractivity contribution in [1.82, 2.24) is 10.6 Å². The number of hydrogen-bond acceptors (Lipinski definition) is 2. The van der Waals surface area contributed by atoms with E-state index in [0.29, 0.717) is 6.67 Å². The summed E-state index contributed by atoms with van der Waals surface area (Å²) >= 11 is 0. The summed E-state index contributed by atoms with van der Waals surface area (Å²) in [5.74, 6) is 0.299. The van der Waals surface area contributed by atoms with Crippen LogP contribution >= 0.6 is 0 Å². The molecule has 3 nitrogen and oxygen atoms in total.